The normalized spacial score (nSPS) is 12.0. The van der Waals surface area contributed by atoms with Crippen molar-refractivity contribution in [1.82, 2.24) is 5.32 Å². The van der Waals surface area contributed by atoms with Crippen LogP contribution in [0, 0.1) is 0 Å². The summed E-state index contributed by atoms with van der Waals surface area (Å²) in [6, 6.07) is 5.32. The Balaban J connectivity index is 2.82. The van der Waals surface area contributed by atoms with Crippen LogP contribution in [0.25, 0.3) is 0 Å². The summed E-state index contributed by atoms with van der Waals surface area (Å²) in [7, 11) is 1.57. The maximum Gasteiger partial charge on any atom is 0.252 e. The fourth-order valence-electron chi connectivity index (χ4n) is 1.67. The largest absolute Gasteiger partial charge is 0.497 e. The first-order chi connectivity index (χ1) is 8.62. The fourth-order valence-corrected chi connectivity index (χ4v) is 2.09. The highest BCUT2D eigenvalue weighted by Crippen LogP contribution is 2.22. The topological polar surface area (TPSA) is 64.3 Å². The van der Waals surface area contributed by atoms with E-state index in [0.29, 0.717) is 17.9 Å². The van der Waals surface area contributed by atoms with Gasteiger partial charge in [0.2, 0.25) is 0 Å². The Morgan fingerprint density at radius 3 is 2.83 bits per heavy atom. The van der Waals surface area contributed by atoms with Crippen molar-refractivity contribution >= 4 is 21.8 Å². The second-order valence-corrected chi connectivity index (χ2v) is 4.89. The molecule has 100 valence electrons. The summed E-state index contributed by atoms with van der Waals surface area (Å²) in [5.74, 6) is 0.521. The molecule has 0 fully saturated rings. The lowest BCUT2D eigenvalue weighted by Crippen LogP contribution is -2.40. The van der Waals surface area contributed by atoms with Gasteiger partial charge in [-0.1, -0.05) is 13.3 Å². The summed E-state index contributed by atoms with van der Waals surface area (Å²) in [6.45, 7) is 2.51. The Bertz CT molecular complexity index is 410. The van der Waals surface area contributed by atoms with Gasteiger partial charge in [-0.15, -0.1) is 0 Å². The summed E-state index contributed by atoms with van der Waals surface area (Å²) in [5.41, 5.74) is 6.19. The maximum absolute atomic E-state index is 12.1. The highest BCUT2D eigenvalue weighted by Gasteiger charge is 2.15. The third-order valence-electron chi connectivity index (χ3n) is 2.68. The first-order valence-corrected chi connectivity index (χ1v) is 6.76. The summed E-state index contributed by atoms with van der Waals surface area (Å²) in [6.07, 6.45) is 1.87. The zero-order valence-corrected chi connectivity index (χ0v) is 12.3. The lowest BCUT2D eigenvalue weighted by molar-refractivity contribution is 0.0935. The highest BCUT2D eigenvalue weighted by atomic mass is 79.9. The number of methoxy groups -OCH3 is 1. The first-order valence-electron chi connectivity index (χ1n) is 5.96. The number of nitrogens with two attached hydrogens (primary N) is 1. The molecule has 1 atom stereocenters. The second-order valence-electron chi connectivity index (χ2n) is 4.04. The van der Waals surface area contributed by atoms with Gasteiger partial charge in [0.05, 0.1) is 12.7 Å². The van der Waals surface area contributed by atoms with Crippen LogP contribution >= 0.6 is 15.9 Å². The van der Waals surface area contributed by atoms with Crippen molar-refractivity contribution in [3.8, 4) is 5.75 Å². The van der Waals surface area contributed by atoms with Crippen molar-refractivity contribution in [1.29, 1.82) is 0 Å². The molecule has 0 bridgehead atoms. The number of amides is 1. The Kier molecular flexibility index (Phi) is 6.15. The molecule has 0 saturated carbocycles. The predicted molar refractivity (Wildman–Crippen MR) is 75.9 cm³/mol. The third kappa shape index (κ3) is 3.99. The van der Waals surface area contributed by atoms with Crippen LogP contribution < -0.4 is 15.8 Å². The number of hydrogen-bond acceptors (Lipinski definition) is 3. The van der Waals surface area contributed by atoms with Gasteiger partial charge >= 0.3 is 0 Å². The number of halogens is 1. The zero-order chi connectivity index (χ0) is 13.5. The van der Waals surface area contributed by atoms with E-state index in [1.165, 1.54) is 0 Å². The van der Waals surface area contributed by atoms with Gasteiger partial charge in [0.1, 0.15) is 5.75 Å². The van der Waals surface area contributed by atoms with Gasteiger partial charge in [-0.05, 0) is 40.5 Å². The zero-order valence-electron chi connectivity index (χ0n) is 10.7. The molecule has 0 spiro atoms. The van der Waals surface area contributed by atoms with E-state index >= 15 is 0 Å². The van der Waals surface area contributed by atoms with Crippen LogP contribution in [0.5, 0.6) is 5.75 Å². The van der Waals surface area contributed by atoms with Crippen LogP contribution in [0.1, 0.15) is 30.1 Å². The summed E-state index contributed by atoms with van der Waals surface area (Å²) in [5, 5.41) is 2.93. The predicted octanol–water partition coefficient (Wildman–Crippen LogP) is 2.31. The summed E-state index contributed by atoms with van der Waals surface area (Å²) >= 11 is 3.36. The van der Waals surface area contributed by atoms with Crippen molar-refractivity contribution in [2.45, 2.75) is 25.8 Å². The van der Waals surface area contributed by atoms with E-state index in [-0.39, 0.29) is 11.9 Å². The molecule has 0 aliphatic rings. The van der Waals surface area contributed by atoms with Gasteiger partial charge in [0.25, 0.3) is 5.91 Å². The van der Waals surface area contributed by atoms with Crippen molar-refractivity contribution in [3.05, 3.63) is 28.2 Å². The smallest absolute Gasteiger partial charge is 0.252 e. The number of rotatable bonds is 6. The monoisotopic (exact) mass is 314 g/mol. The minimum Gasteiger partial charge on any atom is -0.497 e. The summed E-state index contributed by atoms with van der Waals surface area (Å²) < 4.78 is 5.86. The molecule has 1 unspecified atom stereocenters. The van der Waals surface area contributed by atoms with Crippen molar-refractivity contribution in [2.24, 2.45) is 5.73 Å². The number of nitrogens with one attached hydrogen (secondary N) is 1. The van der Waals surface area contributed by atoms with Crippen molar-refractivity contribution < 1.29 is 9.53 Å². The van der Waals surface area contributed by atoms with E-state index in [0.717, 1.165) is 17.3 Å². The van der Waals surface area contributed by atoms with E-state index in [9.17, 15) is 4.79 Å². The number of benzene rings is 1. The molecule has 0 heterocycles. The average molecular weight is 315 g/mol. The van der Waals surface area contributed by atoms with E-state index in [4.69, 9.17) is 10.5 Å². The van der Waals surface area contributed by atoms with Crippen LogP contribution in [-0.2, 0) is 0 Å². The van der Waals surface area contributed by atoms with Crippen molar-refractivity contribution in [3.63, 3.8) is 0 Å². The molecule has 1 aromatic carbocycles. The lowest BCUT2D eigenvalue weighted by atomic mass is 10.1. The first kappa shape index (κ1) is 15.0. The number of carbonyl (C=O) groups is 1. The van der Waals surface area contributed by atoms with Crippen LogP contribution in [0.15, 0.2) is 22.7 Å². The van der Waals surface area contributed by atoms with Gasteiger partial charge in [0.15, 0.2) is 0 Å². The standard InChI is InChI=1S/C13H19BrN2O2/c1-3-4-9(8-15)16-13(17)11-7-10(18-2)5-6-12(11)14/h5-7,9H,3-4,8,15H2,1-2H3,(H,16,17). The van der Waals surface area contributed by atoms with Gasteiger partial charge in [-0.25, -0.2) is 0 Å². The molecule has 1 rings (SSSR count). The molecule has 0 radical (unpaired) electrons. The molecule has 5 heteroatoms. The number of ether oxygens (including phenoxy) is 1. The van der Waals surface area contributed by atoms with Crippen LogP contribution in [0.2, 0.25) is 0 Å². The SMILES string of the molecule is CCCC(CN)NC(=O)c1cc(OC)ccc1Br. The number of carbonyl (C=O) groups excluding carboxylic acids is 1. The molecule has 0 aromatic heterocycles. The Hall–Kier alpha value is -1.07. The van der Waals surface area contributed by atoms with Gasteiger partial charge in [-0.3, -0.25) is 4.79 Å². The number of hydrogen-bond donors (Lipinski definition) is 2. The molecule has 0 saturated heterocycles. The minimum atomic E-state index is -0.135. The van der Waals surface area contributed by atoms with E-state index < -0.39 is 0 Å². The third-order valence-corrected chi connectivity index (χ3v) is 3.37. The van der Waals surface area contributed by atoms with Gasteiger partial charge in [-0.2, -0.15) is 0 Å². The quantitative estimate of drug-likeness (QED) is 0.847. The molecular weight excluding hydrogens is 296 g/mol. The molecule has 0 aliphatic carbocycles. The molecule has 4 nitrogen and oxygen atoms in total. The van der Waals surface area contributed by atoms with Crippen molar-refractivity contribution in [2.75, 3.05) is 13.7 Å². The van der Waals surface area contributed by atoms with Crippen LogP contribution in [0.4, 0.5) is 0 Å². The molecular formula is C13H19BrN2O2. The average Bonchev–Trinajstić information content (AvgIpc) is 2.38. The molecule has 18 heavy (non-hydrogen) atoms. The van der Waals surface area contributed by atoms with E-state index in [1.54, 1.807) is 25.3 Å². The highest BCUT2D eigenvalue weighted by molar-refractivity contribution is 9.10. The summed E-state index contributed by atoms with van der Waals surface area (Å²) in [4.78, 5) is 12.1. The minimum absolute atomic E-state index is 0.0144. The fraction of sp³-hybridized carbons (Fsp3) is 0.462. The molecule has 1 amide bonds. The van der Waals surface area contributed by atoms with E-state index in [1.807, 2.05) is 0 Å². The molecule has 3 N–H and O–H groups in total. The van der Waals surface area contributed by atoms with Gasteiger partial charge < -0.3 is 15.8 Å². The van der Waals surface area contributed by atoms with Gasteiger partial charge in [0, 0.05) is 17.1 Å². The van der Waals surface area contributed by atoms with E-state index in [2.05, 4.69) is 28.2 Å². The lowest BCUT2D eigenvalue weighted by Gasteiger charge is -2.16. The van der Waals surface area contributed by atoms with Crippen LogP contribution in [-0.4, -0.2) is 25.6 Å². The Morgan fingerprint density at radius 1 is 1.56 bits per heavy atom. The molecule has 0 aliphatic heterocycles. The maximum atomic E-state index is 12.1. The Labute approximate surface area is 116 Å². The second kappa shape index (κ2) is 7.38. The Morgan fingerprint density at radius 2 is 2.28 bits per heavy atom. The molecule has 1 aromatic rings. The van der Waals surface area contributed by atoms with Crippen LogP contribution in [0.3, 0.4) is 0 Å².